The first kappa shape index (κ1) is 15.1. The summed E-state index contributed by atoms with van der Waals surface area (Å²) >= 11 is 0. The van der Waals surface area contributed by atoms with E-state index in [2.05, 4.69) is 23.9 Å². The third kappa shape index (κ3) is 5.16. The van der Waals surface area contributed by atoms with Crippen molar-refractivity contribution in [3.05, 3.63) is 30.3 Å². The Morgan fingerprint density at radius 3 is 2.44 bits per heavy atom. The van der Waals surface area contributed by atoms with Gasteiger partial charge in [-0.3, -0.25) is 0 Å². The Labute approximate surface area is 110 Å². The summed E-state index contributed by atoms with van der Waals surface area (Å²) in [5, 5.41) is 3.28. The van der Waals surface area contributed by atoms with Crippen LogP contribution in [0.5, 0.6) is 0 Å². The van der Waals surface area contributed by atoms with E-state index in [9.17, 15) is 8.42 Å². The fourth-order valence-corrected chi connectivity index (χ4v) is 2.77. The molecule has 0 aliphatic heterocycles. The Hall–Kier alpha value is -0.910. The maximum Gasteiger partial charge on any atom is 0.240 e. The largest absolute Gasteiger partial charge is 0.313 e. The number of hydrogen-bond acceptors (Lipinski definition) is 3. The summed E-state index contributed by atoms with van der Waals surface area (Å²) in [5.74, 6) is 0. The highest BCUT2D eigenvalue weighted by atomic mass is 32.2. The second-order valence-electron chi connectivity index (χ2n) is 4.35. The molecule has 0 spiro atoms. The molecule has 0 fully saturated rings. The van der Waals surface area contributed by atoms with Gasteiger partial charge in [0.15, 0.2) is 0 Å². The van der Waals surface area contributed by atoms with Gasteiger partial charge >= 0.3 is 0 Å². The van der Waals surface area contributed by atoms with Crippen LogP contribution in [0, 0.1) is 0 Å². The monoisotopic (exact) mass is 270 g/mol. The Morgan fingerprint density at radius 1 is 1.17 bits per heavy atom. The molecule has 0 aliphatic rings. The summed E-state index contributed by atoms with van der Waals surface area (Å²) in [5.41, 5.74) is 0. The van der Waals surface area contributed by atoms with E-state index in [0.717, 1.165) is 12.8 Å². The molecule has 0 saturated carbocycles. The highest BCUT2D eigenvalue weighted by Gasteiger charge is 2.11. The first-order valence-corrected chi connectivity index (χ1v) is 7.82. The molecule has 5 heteroatoms. The van der Waals surface area contributed by atoms with Crippen LogP contribution in [0.25, 0.3) is 0 Å². The molecule has 0 heterocycles. The van der Waals surface area contributed by atoms with Gasteiger partial charge in [-0.25, -0.2) is 13.1 Å². The van der Waals surface area contributed by atoms with Gasteiger partial charge in [0, 0.05) is 19.1 Å². The van der Waals surface area contributed by atoms with Gasteiger partial charge in [0.25, 0.3) is 0 Å². The van der Waals surface area contributed by atoms with Crippen molar-refractivity contribution in [2.24, 2.45) is 0 Å². The highest BCUT2D eigenvalue weighted by Crippen LogP contribution is 2.06. The summed E-state index contributed by atoms with van der Waals surface area (Å²) in [6, 6.07) is 8.85. The molecule has 102 valence electrons. The van der Waals surface area contributed by atoms with Crippen molar-refractivity contribution in [1.29, 1.82) is 0 Å². The second-order valence-corrected chi connectivity index (χ2v) is 6.12. The minimum atomic E-state index is -3.36. The molecule has 2 N–H and O–H groups in total. The zero-order valence-corrected chi connectivity index (χ0v) is 11.8. The van der Waals surface area contributed by atoms with Crippen LogP contribution in [0.4, 0.5) is 0 Å². The number of rotatable bonds is 8. The lowest BCUT2D eigenvalue weighted by Crippen LogP contribution is -2.35. The van der Waals surface area contributed by atoms with Gasteiger partial charge < -0.3 is 5.32 Å². The fraction of sp³-hybridized carbons (Fsp3) is 0.538. The molecular formula is C13H22N2O2S. The van der Waals surface area contributed by atoms with Crippen LogP contribution in [0.1, 0.15) is 26.7 Å². The molecule has 0 aliphatic carbocycles. The Kier molecular flexibility index (Phi) is 6.32. The summed E-state index contributed by atoms with van der Waals surface area (Å²) in [6.07, 6.45) is 2.23. The van der Waals surface area contributed by atoms with Gasteiger partial charge in [-0.15, -0.1) is 0 Å². The molecule has 1 aromatic rings. The van der Waals surface area contributed by atoms with Gasteiger partial charge in [-0.1, -0.05) is 31.5 Å². The fourth-order valence-electron chi connectivity index (χ4n) is 1.72. The summed E-state index contributed by atoms with van der Waals surface area (Å²) < 4.78 is 26.3. The van der Waals surface area contributed by atoms with Gasteiger partial charge in [0.05, 0.1) is 4.90 Å². The van der Waals surface area contributed by atoms with Crippen molar-refractivity contribution in [1.82, 2.24) is 10.0 Å². The number of nitrogens with one attached hydrogen (secondary N) is 2. The molecular weight excluding hydrogens is 248 g/mol. The van der Waals surface area contributed by atoms with Crippen molar-refractivity contribution in [3.8, 4) is 0 Å². The SMILES string of the molecule is CCCC(C)NCCNS(=O)(=O)c1ccccc1. The van der Waals surface area contributed by atoms with Crippen molar-refractivity contribution in [2.75, 3.05) is 13.1 Å². The van der Waals surface area contributed by atoms with E-state index in [-0.39, 0.29) is 0 Å². The van der Waals surface area contributed by atoms with Gasteiger partial charge in [0.1, 0.15) is 0 Å². The van der Waals surface area contributed by atoms with Crippen LogP contribution in [-0.4, -0.2) is 27.5 Å². The summed E-state index contributed by atoms with van der Waals surface area (Å²) in [4.78, 5) is 0.312. The minimum Gasteiger partial charge on any atom is -0.313 e. The zero-order chi connectivity index (χ0) is 13.4. The molecule has 1 atom stereocenters. The smallest absolute Gasteiger partial charge is 0.240 e. The van der Waals surface area contributed by atoms with Crippen molar-refractivity contribution in [3.63, 3.8) is 0 Å². The van der Waals surface area contributed by atoms with Gasteiger partial charge in [-0.2, -0.15) is 0 Å². The first-order chi connectivity index (χ1) is 8.56. The predicted octanol–water partition coefficient (Wildman–Crippen LogP) is 1.74. The summed E-state index contributed by atoms with van der Waals surface area (Å²) in [6.45, 7) is 5.30. The Balaban J connectivity index is 2.35. The maximum atomic E-state index is 11.9. The standard InChI is InChI=1S/C13H22N2O2S/c1-3-7-12(2)14-10-11-15-18(16,17)13-8-5-4-6-9-13/h4-6,8-9,12,14-15H,3,7,10-11H2,1-2H3. The lowest BCUT2D eigenvalue weighted by Gasteiger charge is -2.13. The van der Waals surface area contributed by atoms with Gasteiger partial charge in [-0.05, 0) is 25.5 Å². The van der Waals surface area contributed by atoms with E-state index in [1.807, 2.05) is 0 Å². The van der Waals surface area contributed by atoms with Crippen LogP contribution < -0.4 is 10.0 Å². The Bertz CT molecular complexity index is 432. The molecule has 0 saturated heterocycles. The van der Waals surface area contributed by atoms with Crippen molar-refractivity contribution < 1.29 is 8.42 Å². The van der Waals surface area contributed by atoms with Crippen LogP contribution in [0.2, 0.25) is 0 Å². The second kappa shape index (κ2) is 7.51. The molecule has 0 amide bonds. The predicted molar refractivity (Wildman–Crippen MR) is 74.0 cm³/mol. The Morgan fingerprint density at radius 2 is 1.83 bits per heavy atom. The van der Waals surface area contributed by atoms with Crippen molar-refractivity contribution >= 4 is 10.0 Å². The average molecular weight is 270 g/mol. The third-order valence-corrected chi connectivity index (χ3v) is 4.16. The van der Waals surface area contributed by atoms with Crippen LogP contribution >= 0.6 is 0 Å². The van der Waals surface area contributed by atoms with E-state index in [1.165, 1.54) is 0 Å². The van der Waals surface area contributed by atoms with Gasteiger partial charge in [0.2, 0.25) is 10.0 Å². The number of benzene rings is 1. The molecule has 4 nitrogen and oxygen atoms in total. The van der Waals surface area contributed by atoms with Crippen LogP contribution in [-0.2, 0) is 10.0 Å². The van der Waals surface area contributed by atoms with Crippen LogP contribution in [0.3, 0.4) is 0 Å². The molecule has 0 bridgehead atoms. The molecule has 0 radical (unpaired) electrons. The molecule has 1 aromatic carbocycles. The topological polar surface area (TPSA) is 58.2 Å². The zero-order valence-electron chi connectivity index (χ0n) is 11.0. The first-order valence-electron chi connectivity index (χ1n) is 6.34. The maximum absolute atomic E-state index is 11.9. The van der Waals surface area contributed by atoms with E-state index in [1.54, 1.807) is 30.3 Å². The molecule has 1 unspecified atom stereocenters. The number of sulfonamides is 1. The van der Waals surface area contributed by atoms with E-state index < -0.39 is 10.0 Å². The van der Waals surface area contributed by atoms with E-state index in [0.29, 0.717) is 24.0 Å². The lowest BCUT2D eigenvalue weighted by molar-refractivity contribution is 0.507. The van der Waals surface area contributed by atoms with E-state index in [4.69, 9.17) is 0 Å². The molecule has 18 heavy (non-hydrogen) atoms. The third-order valence-electron chi connectivity index (χ3n) is 2.69. The van der Waals surface area contributed by atoms with Crippen LogP contribution in [0.15, 0.2) is 35.2 Å². The van der Waals surface area contributed by atoms with E-state index >= 15 is 0 Å². The lowest BCUT2D eigenvalue weighted by atomic mass is 10.2. The minimum absolute atomic E-state index is 0.312. The van der Waals surface area contributed by atoms with Crippen molar-refractivity contribution in [2.45, 2.75) is 37.6 Å². The number of hydrogen-bond donors (Lipinski definition) is 2. The average Bonchev–Trinajstić information content (AvgIpc) is 2.36. The normalized spacial score (nSPS) is 13.4. The highest BCUT2D eigenvalue weighted by molar-refractivity contribution is 7.89. The summed E-state index contributed by atoms with van der Waals surface area (Å²) in [7, 11) is -3.36. The molecule has 0 aromatic heterocycles. The molecule has 1 rings (SSSR count). The quantitative estimate of drug-likeness (QED) is 0.707.